The zero-order valence-electron chi connectivity index (χ0n) is 10.1. The van der Waals surface area contributed by atoms with Crippen molar-refractivity contribution in [2.45, 2.75) is 12.8 Å². The maximum Gasteiger partial charge on any atom is 0.229 e. The molecule has 1 aromatic carbocycles. The largest absolute Gasteiger partial charge is 0.355 e. The number of rotatable bonds is 2. The second-order valence-corrected chi connectivity index (χ2v) is 4.33. The Kier molecular flexibility index (Phi) is 3.76. The van der Waals surface area contributed by atoms with Crippen LogP contribution >= 0.6 is 0 Å². The molecule has 98 valence electrons. The van der Waals surface area contributed by atoms with Gasteiger partial charge < -0.3 is 10.6 Å². The average molecular weight is 261 g/mol. The fourth-order valence-corrected chi connectivity index (χ4v) is 1.91. The summed E-state index contributed by atoms with van der Waals surface area (Å²) in [5, 5.41) is 14.1. The van der Waals surface area contributed by atoms with Gasteiger partial charge in [0.25, 0.3) is 0 Å². The summed E-state index contributed by atoms with van der Waals surface area (Å²) in [5.41, 5.74) is 0.360. The molecule has 1 unspecified atom stereocenters. The summed E-state index contributed by atoms with van der Waals surface area (Å²) < 4.78 is 13.0. The van der Waals surface area contributed by atoms with Crippen LogP contribution in [-0.2, 0) is 9.59 Å². The lowest BCUT2D eigenvalue weighted by molar-refractivity contribution is -0.126. The van der Waals surface area contributed by atoms with Crippen LogP contribution in [0.3, 0.4) is 0 Å². The molecule has 0 bridgehead atoms. The van der Waals surface area contributed by atoms with Crippen LogP contribution in [0.5, 0.6) is 0 Å². The smallest absolute Gasteiger partial charge is 0.229 e. The maximum absolute atomic E-state index is 13.0. The Bertz CT molecular complexity index is 555. The molecule has 1 heterocycles. The number of nitriles is 1. The number of nitrogens with one attached hydrogen (secondary N) is 2. The Morgan fingerprint density at radius 1 is 1.53 bits per heavy atom. The number of carbonyl (C=O) groups is 2. The number of anilines is 1. The molecule has 1 aliphatic rings. The molecular weight excluding hydrogens is 249 g/mol. The lowest BCUT2D eigenvalue weighted by Crippen LogP contribution is -2.40. The number of benzene rings is 1. The molecule has 1 aromatic rings. The molecule has 19 heavy (non-hydrogen) atoms. The van der Waals surface area contributed by atoms with Crippen molar-refractivity contribution in [3.8, 4) is 6.07 Å². The van der Waals surface area contributed by atoms with E-state index in [1.807, 2.05) is 6.07 Å². The standard InChI is InChI=1S/C13H12FN3O2/c14-10-2-3-11(9(5-10)6-15)17-13(19)8-1-4-12(18)16-7-8/h2-3,5,8H,1,4,7H2,(H,16,18)(H,17,19). The summed E-state index contributed by atoms with van der Waals surface area (Å²) in [6, 6.07) is 5.43. The zero-order chi connectivity index (χ0) is 13.8. The van der Waals surface area contributed by atoms with E-state index in [0.717, 1.165) is 6.07 Å². The first-order valence-electron chi connectivity index (χ1n) is 5.87. The van der Waals surface area contributed by atoms with E-state index in [1.165, 1.54) is 12.1 Å². The molecule has 5 nitrogen and oxygen atoms in total. The summed E-state index contributed by atoms with van der Waals surface area (Å²) in [4.78, 5) is 23.0. The fourth-order valence-electron chi connectivity index (χ4n) is 1.91. The van der Waals surface area contributed by atoms with Crippen molar-refractivity contribution < 1.29 is 14.0 Å². The van der Waals surface area contributed by atoms with Crippen molar-refractivity contribution in [1.82, 2.24) is 5.32 Å². The SMILES string of the molecule is N#Cc1cc(F)ccc1NC(=O)C1CCC(=O)NC1. The van der Waals surface area contributed by atoms with E-state index in [1.54, 1.807) is 0 Å². The molecule has 1 fully saturated rings. The van der Waals surface area contributed by atoms with Gasteiger partial charge in [0.1, 0.15) is 11.9 Å². The van der Waals surface area contributed by atoms with E-state index in [-0.39, 0.29) is 35.5 Å². The molecule has 2 rings (SSSR count). The van der Waals surface area contributed by atoms with Gasteiger partial charge in [-0.15, -0.1) is 0 Å². The third kappa shape index (κ3) is 3.07. The predicted octanol–water partition coefficient (Wildman–Crippen LogP) is 1.16. The molecule has 1 atom stereocenters. The Balaban J connectivity index is 2.07. The Morgan fingerprint density at radius 2 is 2.32 bits per heavy atom. The van der Waals surface area contributed by atoms with Crippen LogP contribution in [0.15, 0.2) is 18.2 Å². The van der Waals surface area contributed by atoms with Gasteiger partial charge >= 0.3 is 0 Å². The summed E-state index contributed by atoms with van der Waals surface area (Å²) >= 11 is 0. The highest BCUT2D eigenvalue weighted by Crippen LogP contribution is 2.19. The Labute approximate surface area is 109 Å². The van der Waals surface area contributed by atoms with Crippen molar-refractivity contribution in [3.05, 3.63) is 29.6 Å². The van der Waals surface area contributed by atoms with Gasteiger partial charge in [0.2, 0.25) is 11.8 Å². The minimum Gasteiger partial charge on any atom is -0.355 e. The molecule has 6 heteroatoms. The van der Waals surface area contributed by atoms with Crippen LogP contribution in [0.25, 0.3) is 0 Å². The van der Waals surface area contributed by atoms with E-state index in [4.69, 9.17) is 5.26 Å². The second kappa shape index (κ2) is 5.48. The molecule has 2 amide bonds. The molecule has 2 N–H and O–H groups in total. The van der Waals surface area contributed by atoms with E-state index >= 15 is 0 Å². The van der Waals surface area contributed by atoms with E-state index < -0.39 is 5.82 Å². The van der Waals surface area contributed by atoms with E-state index in [0.29, 0.717) is 12.8 Å². The van der Waals surface area contributed by atoms with Gasteiger partial charge in [0, 0.05) is 13.0 Å². The van der Waals surface area contributed by atoms with Gasteiger partial charge in [-0.05, 0) is 24.6 Å². The molecule has 0 aromatic heterocycles. The first-order valence-corrected chi connectivity index (χ1v) is 5.87. The monoisotopic (exact) mass is 261 g/mol. The molecule has 0 radical (unpaired) electrons. The second-order valence-electron chi connectivity index (χ2n) is 4.33. The van der Waals surface area contributed by atoms with Crippen molar-refractivity contribution >= 4 is 17.5 Å². The zero-order valence-corrected chi connectivity index (χ0v) is 10.1. The van der Waals surface area contributed by atoms with Gasteiger partial charge in [-0.25, -0.2) is 4.39 Å². The first kappa shape index (κ1) is 13.0. The number of piperidine rings is 1. The normalized spacial score (nSPS) is 18.3. The number of halogens is 1. The first-order chi connectivity index (χ1) is 9.10. The molecule has 0 spiro atoms. The Hall–Kier alpha value is -2.42. The van der Waals surface area contributed by atoms with Gasteiger partial charge in [-0.1, -0.05) is 0 Å². The minimum absolute atomic E-state index is 0.0662. The number of hydrogen-bond acceptors (Lipinski definition) is 3. The Morgan fingerprint density at radius 3 is 2.95 bits per heavy atom. The average Bonchev–Trinajstić information content (AvgIpc) is 2.41. The van der Waals surface area contributed by atoms with E-state index in [2.05, 4.69) is 10.6 Å². The molecule has 1 saturated heterocycles. The molecule has 1 aliphatic heterocycles. The molecule has 0 aliphatic carbocycles. The third-order valence-electron chi connectivity index (χ3n) is 3.00. The third-order valence-corrected chi connectivity index (χ3v) is 3.00. The molecule has 0 saturated carbocycles. The van der Waals surface area contributed by atoms with Crippen LogP contribution in [0.1, 0.15) is 18.4 Å². The van der Waals surface area contributed by atoms with Crippen molar-refractivity contribution in [3.63, 3.8) is 0 Å². The summed E-state index contributed by atoms with van der Waals surface area (Å²) in [6.45, 7) is 0.285. The van der Waals surface area contributed by atoms with Gasteiger partial charge in [-0.3, -0.25) is 9.59 Å². The van der Waals surface area contributed by atoms with Crippen molar-refractivity contribution in [2.24, 2.45) is 5.92 Å². The minimum atomic E-state index is -0.528. The number of nitrogens with zero attached hydrogens (tertiary/aromatic N) is 1. The van der Waals surface area contributed by atoms with Crippen LogP contribution in [0.2, 0.25) is 0 Å². The highest BCUT2D eigenvalue weighted by atomic mass is 19.1. The highest BCUT2D eigenvalue weighted by molar-refractivity contribution is 5.95. The predicted molar refractivity (Wildman–Crippen MR) is 65.5 cm³/mol. The van der Waals surface area contributed by atoms with Crippen LogP contribution in [-0.4, -0.2) is 18.4 Å². The van der Waals surface area contributed by atoms with Crippen LogP contribution in [0, 0.1) is 23.1 Å². The van der Waals surface area contributed by atoms with Crippen LogP contribution < -0.4 is 10.6 Å². The number of hydrogen-bond donors (Lipinski definition) is 2. The summed E-state index contributed by atoms with van der Waals surface area (Å²) in [6.07, 6.45) is 0.785. The number of carbonyl (C=O) groups excluding carboxylic acids is 2. The van der Waals surface area contributed by atoms with Gasteiger partial charge in [0.05, 0.1) is 17.2 Å². The summed E-state index contributed by atoms with van der Waals surface area (Å²) in [5.74, 6) is -1.19. The highest BCUT2D eigenvalue weighted by Gasteiger charge is 2.24. The van der Waals surface area contributed by atoms with Crippen molar-refractivity contribution in [1.29, 1.82) is 5.26 Å². The van der Waals surface area contributed by atoms with Crippen LogP contribution in [0.4, 0.5) is 10.1 Å². The van der Waals surface area contributed by atoms with Gasteiger partial charge in [-0.2, -0.15) is 5.26 Å². The topological polar surface area (TPSA) is 82.0 Å². The number of amides is 2. The van der Waals surface area contributed by atoms with Gasteiger partial charge in [0.15, 0.2) is 0 Å². The quantitative estimate of drug-likeness (QED) is 0.838. The fraction of sp³-hybridized carbons (Fsp3) is 0.308. The lowest BCUT2D eigenvalue weighted by Gasteiger charge is -2.21. The van der Waals surface area contributed by atoms with E-state index in [9.17, 15) is 14.0 Å². The van der Waals surface area contributed by atoms with Crippen molar-refractivity contribution in [2.75, 3.05) is 11.9 Å². The summed E-state index contributed by atoms with van der Waals surface area (Å²) in [7, 11) is 0. The lowest BCUT2D eigenvalue weighted by atomic mass is 9.98. The molecular formula is C13H12FN3O2. The maximum atomic E-state index is 13.0.